The van der Waals surface area contributed by atoms with Crippen molar-refractivity contribution in [1.29, 1.82) is 0 Å². The lowest BCUT2D eigenvalue weighted by molar-refractivity contribution is -2.00. The Morgan fingerprint density at radius 3 is 2.32 bits per heavy atom. The monoisotopic (exact) mass is 365 g/mol. The van der Waals surface area contributed by atoms with E-state index < -0.39 is 10.2 Å². The molecule has 7 nitrogen and oxygen atoms in total. The lowest BCUT2D eigenvalue weighted by Crippen LogP contribution is -2.68. The normalized spacial score (nSPS) is 23.0. The van der Waals surface area contributed by atoms with Gasteiger partial charge in [-0.05, 0) is 5.56 Å². The van der Waals surface area contributed by atoms with E-state index in [0.29, 0.717) is 0 Å². The highest BCUT2D eigenvalue weighted by Gasteiger charge is 2.50. The fourth-order valence-electron chi connectivity index (χ4n) is 3.74. The van der Waals surface area contributed by atoms with Crippen LogP contribution in [0.4, 0.5) is 0 Å². The molecule has 0 saturated heterocycles. The molecule has 1 aromatic carbocycles. The van der Waals surface area contributed by atoms with Crippen molar-refractivity contribution in [3.05, 3.63) is 65.5 Å². The highest BCUT2D eigenvalue weighted by molar-refractivity contribution is 5.66. The first kappa shape index (κ1) is 17.8. The van der Waals surface area contributed by atoms with Crippen molar-refractivity contribution in [2.75, 3.05) is 0 Å². The van der Waals surface area contributed by atoms with Crippen LogP contribution >= 0.6 is 0 Å². The van der Waals surface area contributed by atoms with Crippen molar-refractivity contribution in [3.8, 4) is 0 Å². The Balaban J connectivity index is 0.000000324. The topological polar surface area (TPSA) is 122 Å². The number of hydrogen-bond acceptors (Lipinski definition) is 6. The van der Waals surface area contributed by atoms with E-state index in [2.05, 4.69) is 53.2 Å². The van der Waals surface area contributed by atoms with E-state index in [4.69, 9.17) is 23.4 Å². The van der Waals surface area contributed by atoms with Gasteiger partial charge in [0.05, 0.1) is 6.42 Å². The number of fused-ring (bicyclic) bond motifs is 1. The third-order valence-electron chi connectivity index (χ3n) is 4.41. The summed E-state index contributed by atoms with van der Waals surface area (Å²) in [5.41, 5.74) is 3.92. The van der Waals surface area contributed by atoms with E-state index in [0.717, 1.165) is 6.42 Å². The Morgan fingerprint density at radius 2 is 1.68 bits per heavy atom. The number of ether oxygens (including phenoxy) is 1. The maximum atomic E-state index is 11.4. The van der Waals surface area contributed by atoms with Crippen molar-refractivity contribution in [2.24, 2.45) is 0 Å². The van der Waals surface area contributed by atoms with Crippen LogP contribution in [0.2, 0.25) is 0 Å². The van der Waals surface area contributed by atoms with Gasteiger partial charge in [0.15, 0.2) is 17.9 Å². The van der Waals surface area contributed by atoms with Gasteiger partial charge in [0.1, 0.15) is 12.0 Å². The molecule has 1 aromatic heterocycles. The lowest BCUT2D eigenvalue weighted by Gasteiger charge is -2.39. The van der Waals surface area contributed by atoms with Crippen molar-refractivity contribution in [1.82, 2.24) is 0 Å². The summed E-state index contributed by atoms with van der Waals surface area (Å²) in [6.07, 6.45) is 2.95. The van der Waals surface area contributed by atoms with Crippen LogP contribution in [0, 0.1) is 10.2 Å². The minimum absolute atomic E-state index is 0.0465. The average Bonchev–Trinajstić information content (AvgIpc) is 2.53. The SMILES string of the molecule is CC(=O)OC1CC2c3ccccc3C1c1cccc[n+]12.[O-][Cl+3]([O-])([O-])[O-]. The highest BCUT2D eigenvalue weighted by Crippen LogP contribution is 2.45. The Hall–Kier alpha value is -2.03. The summed E-state index contributed by atoms with van der Waals surface area (Å²) < 4.78 is 41.9. The summed E-state index contributed by atoms with van der Waals surface area (Å²) in [5.74, 6) is -0.0381. The predicted molar refractivity (Wildman–Crippen MR) is 73.2 cm³/mol. The van der Waals surface area contributed by atoms with Gasteiger partial charge in [-0.2, -0.15) is 4.57 Å². The first-order chi connectivity index (χ1) is 11.8. The Bertz CT molecular complexity index is 737. The van der Waals surface area contributed by atoms with Crippen LogP contribution < -0.4 is 23.2 Å². The van der Waals surface area contributed by atoms with E-state index in [1.807, 2.05) is 0 Å². The number of benzene rings is 1. The van der Waals surface area contributed by atoms with Gasteiger partial charge in [-0.1, -0.05) is 30.3 Å². The van der Waals surface area contributed by atoms with Crippen LogP contribution in [-0.2, 0) is 9.53 Å². The molecule has 0 spiro atoms. The van der Waals surface area contributed by atoms with Crippen molar-refractivity contribution < 1.29 is 43.0 Å². The minimum Gasteiger partial charge on any atom is -0.461 e. The second kappa shape index (κ2) is 6.70. The van der Waals surface area contributed by atoms with Crippen LogP contribution in [-0.4, -0.2) is 12.1 Å². The van der Waals surface area contributed by atoms with Gasteiger partial charge in [0, 0.05) is 24.6 Å². The van der Waals surface area contributed by atoms with Crippen molar-refractivity contribution in [2.45, 2.75) is 31.4 Å². The number of hydrogen-bond donors (Lipinski definition) is 0. The fourth-order valence-corrected chi connectivity index (χ4v) is 3.74. The number of carbonyl (C=O) groups excluding carboxylic acids is 1. The van der Waals surface area contributed by atoms with Crippen LogP contribution in [0.3, 0.4) is 0 Å². The van der Waals surface area contributed by atoms with Crippen LogP contribution in [0.25, 0.3) is 0 Å². The second-order valence-electron chi connectivity index (χ2n) is 5.92. The quantitative estimate of drug-likeness (QED) is 0.409. The van der Waals surface area contributed by atoms with Gasteiger partial charge >= 0.3 is 5.97 Å². The summed E-state index contributed by atoms with van der Waals surface area (Å²) in [6, 6.07) is 15.0. The van der Waals surface area contributed by atoms with E-state index in [1.165, 1.54) is 23.7 Å². The summed E-state index contributed by atoms with van der Waals surface area (Å²) in [4.78, 5) is 11.4. The molecule has 3 heterocycles. The van der Waals surface area contributed by atoms with E-state index in [1.54, 1.807) is 0 Å². The Kier molecular flexibility index (Phi) is 4.77. The lowest BCUT2D eigenvalue weighted by atomic mass is 9.72. The maximum Gasteiger partial charge on any atom is 0.302 e. The molecule has 3 unspecified atom stereocenters. The predicted octanol–water partition coefficient (Wildman–Crippen LogP) is -2.41. The molecule has 5 rings (SSSR count). The third-order valence-corrected chi connectivity index (χ3v) is 4.41. The summed E-state index contributed by atoms with van der Waals surface area (Å²) in [7, 11) is -4.94. The number of esters is 1. The maximum absolute atomic E-state index is 11.4. The van der Waals surface area contributed by atoms with Gasteiger partial charge in [-0.15, -0.1) is 10.2 Å². The molecule has 1 aliphatic carbocycles. The summed E-state index contributed by atoms with van der Waals surface area (Å²) in [6.45, 7) is 1.49. The molecule has 0 radical (unpaired) electrons. The molecule has 3 aliphatic rings. The van der Waals surface area contributed by atoms with E-state index in [-0.39, 0.29) is 24.0 Å². The van der Waals surface area contributed by atoms with Gasteiger partial charge in [-0.25, -0.2) is 18.6 Å². The molecular formula is C17H16ClNO6. The Labute approximate surface area is 146 Å². The molecule has 0 fully saturated rings. The summed E-state index contributed by atoms with van der Waals surface area (Å²) >= 11 is 0. The fraction of sp³-hybridized carbons (Fsp3) is 0.294. The van der Waals surface area contributed by atoms with E-state index >= 15 is 0 Å². The largest absolute Gasteiger partial charge is 0.461 e. The number of aromatic nitrogens is 1. The molecule has 2 aromatic rings. The number of carbonyl (C=O) groups is 1. The zero-order chi connectivity index (χ0) is 18.2. The average molecular weight is 366 g/mol. The zero-order valence-electron chi connectivity index (χ0n) is 13.3. The minimum atomic E-state index is -4.94. The van der Waals surface area contributed by atoms with Gasteiger partial charge < -0.3 is 4.74 Å². The number of nitrogens with zero attached hydrogens (tertiary/aromatic N) is 1. The van der Waals surface area contributed by atoms with Crippen LogP contribution in [0.15, 0.2) is 48.7 Å². The first-order valence-electron chi connectivity index (χ1n) is 7.63. The number of pyridine rings is 1. The standard InChI is InChI=1S/C17H16NO2.ClHO4/c1-11(19)20-16-10-15-12-6-2-3-7-13(12)17(16)14-8-4-5-9-18(14)15;2-1(3,4)5/h2-9,15-17H,10H2,1H3;(H,2,3,4,5)/q+1;/p-1. The molecule has 8 heteroatoms. The van der Waals surface area contributed by atoms with Crippen LogP contribution in [0.5, 0.6) is 0 Å². The van der Waals surface area contributed by atoms with Gasteiger partial charge in [-0.3, -0.25) is 4.79 Å². The van der Waals surface area contributed by atoms with Crippen LogP contribution in [0.1, 0.15) is 42.1 Å². The Morgan fingerprint density at radius 1 is 1.08 bits per heavy atom. The smallest absolute Gasteiger partial charge is 0.302 e. The molecule has 132 valence electrons. The number of halogens is 1. The first-order valence-corrected chi connectivity index (χ1v) is 8.87. The highest BCUT2D eigenvalue weighted by atomic mass is 35.7. The third kappa shape index (κ3) is 3.81. The molecule has 3 atom stereocenters. The molecule has 2 bridgehead atoms. The van der Waals surface area contributed by atoms with Gasteiger partial charge in [0.25, 0.3) is 0 Å². The molecule has 2 aliphatic heterocycles. The molecule has 25 heavy (non-hydrogen) atoms. The van der Waals surface area contributed by atoms with Crippen molar-refractivity contribution >= 4 is 5.97 Å². The zero-order valence-corrected chi connectivity index (χ0v) is 14.1. The molecular weight excluding hydrogens is 350 g/mol. The van der Waals surface area contributed by atoms with E-state index in [9.17, 15) is 4.79 Å². The van der Waals surface area contributed by atoms with Crippen molar-refractivity contribution in [3.63, 3.8) is 0 Å². The second-order valence-corrected chi connectivity index (χ2v) is 6.67. The summed E-state index contributed by atoms with van der Waals surface area (Å²) in [5, 5.41) is 0. The molecule has 0 N–H and O–H groups in total. The molecule has 0 amide bonds. The van der Waals surface area contributed by atoms with Gasteiger partial charge in [0.2, 0.25) is 0 Å². The molecule has 0 saturated carbocycles. The number of rotatable bonds is 1.